The average Bonchev–Trinajstić information content (AvgIpc) is 2.84. The molecule has 0 spiro atoms. The number of benzene rings is 1. The summed E-state index contributed by atoms with van der Waals surface area (Å²) in [5.41, 5.74) is 5.87. The summed E-state index contributed by atoms with van der Waals surface area (Å²) in [6, 6.07) is 2.76. The van der Waals surface area contributed by atoms with Crippen molar-refractivity contribution >= 4 is 51.3 Å². The van der Waals surface area contributed by atoms with Gasteiger partial charge in [-0.25, -0.2) is 18.2 Å². The summed E-state index contributed by atoms with van der Waals surface area (Å²) in [6.07, 6.45) is 0. The van der Waals surface area contributed by atoms with E-state index in [0.29, 0.717) is 10.6 Å². The average molecular weight is 378 g/mol. The Morgan fingerprint density at radius 3 is 2.78 bits per heavy atom. The van der Waals surface area contributed by atoms with E-state index in [4.69, 9.17) is 22.4 Å². The number of halogens is 1. The van der Waals surface area contributed by atoms with Gasteiger partial charge in [-0.15, -0.1) is 16.9 Å². The molecule has 5 N–H and O–H groups in total. The second-order valence-electron chi connectivity index (χ2n) is 4.38. The summed E-state index contributed by atoms with van der Waals surface area (Å²) in [5, 5.41) is 15.0. The maximum Gasteiger partial charge on any atom is 0.313 e. The van der Waals surface area contributed by atoms with Crippen LogP contribution in [0.3, 0.4) is 0 Å². The molecule has 0 saturated heterocycles. The highest BCUT2D eigenvalue weighted by molar-refractivity contribution is 8.01. The van der Waals surface area contributed by atoms with Crippen molar-refractivity contribution in [2.24, 2.45) is 0 Å². The largest absolute Gasteiger partial charge is 0.481 e. The third kappa shape index (κ3) is 4.27. The number of rotatable bonds is 6. The fourth-order valence-corrected chi connectivity index (χ4v) is 4.11. The summed E-state index contributed by atoms with van der Waals surface area (Å²) >= 11 is 6.84. The molecule has 0 radical (unpaired) electrons. The zero-order valence-electron chi connectivity index (χ0n) is 11.7. The highest BCUT2D eigenvalue weighted by Crippen LogP contribution is 2.32. The van der Waals surface area contributed by atoms with Gasteiger partial charge in [0.25, 0.3) is 16.0 Å². The Labute approximate surface area is 140 Å². The van der Waals surface area contributed by atoms with Crippen LogP contribution in [0.15, 0.2) is 21.9 Å². The molecule has 0 bridgehead atoms. The minimum absolute atomic E-state index is 0.0459. The summed E-state index contributed by atoms with van der Waals surface area (Å²) in [5.74, 6) is -1.65. The number of carbonyl (C=O) groups is 1. The van der Waals surface area contributed by atoms with Gasteiger partial charge in [-0.05, 0) is 24.6 Å². The van der Waals surface area contributed by atoms with Gasteiger partial charge in [0.2, 0.25) is 5.95 Å². The topological polar surface area (TPSA) is 151 Å². The van der Waals surface area contributed by atoms with Gasteiger partial charge in [-0.1, -0.05) is 11.6 Å². The first-order valence-corrected chi connectivity index (χ1v) is 8.89. The zero-order valence-corrected chi connectivity index (χ0v) is 14.1. The monoisotopic (exact) mass is 377 g/mol. The quantitative estimate of drug-likeness (QED) is 0.550. The van der Waals surface area contributed by atoms with Crippen LogP contribution in [0.1, 0.15) is 5.56 Å². The fraction of sp³-hybridized carbons (Fsp3) is 0.182. The Morgan fingerprint density at radius 1 is 1.52 bits per heavy atom. The first-order chi connectivity index (χ1) is 10.7. The molecule has 124 valence electrons. The van der Waals surface area contributed by atoms with Crippen LogP contribution in [-0.4, -0.2) is 40.4 Å². The lowest BCUT2D eigenvalue weighted by atomic mass is 10.2. The Balaban J connectivity index is 2.42. The lowest BCUT2D eigenvalue weighted by Gasteiger charge is -2.12. The summed E-state index contributed by atoms with van der Waals surface area (Å²) in [4.78, 5) is 14.5. The van der Waals surface area contributed by atoms with Crippen molar-refractivity contribution in [2.75, 3.05) is 16.2 Å². The smallest absolute Gasteiger partial charge is 0.313 e. The predicted molar refractivity (Wildman–Crippen MR) is 86.2 cm³/mol. The van der Waals surface area contributed by atoms with E-state index >= 15 is 0 Å². The van der Waals surface area contributed by atoms with E-state index in [0.717, 1.165) is 11.8 Å². The standard InChI is InChI=1S/C11H12ClN5O4S2/c1-5-2-8(7(3-6(5)12)22-4-9(18)19)23(20,21)17-11-14-10(13)15-16-11/h2-3H,4H2,1H3,(H,18,19)(H4,13,14,15,16,17). The van der Waals surface area contributed by atoms with Crippen molar-refractivity contribution < 1.29 is 18.3 Å². The van der Waals surface area contributed by atoms with Gasteiger partial charge in [-0.2, -0.15) is 4.98 Å². The number of nitrogens with zero attached hydrogens (tertiary/aromatic N) is 2. The molecular formula is C11H12ClN5O4S2. The number of aromatic amines is 1. The second-order valence-corrected chi connectivity index (χ2v) is 7.46. The van der Waals surface area contributed by atoms with Gasteiger partial charge in [0.1, 0.15) is 4.90 Å². The number of aliphatic carboxylic acids is 1. The molecule has 0 saturated carbocycles. The molecule has 2 aromatic rings. The molecule has 1 aromatic heterocycles. The van der Waals surface area contributed by atoms with Crippen molar-refractivity contribution in [3.05, 3.63) is 22.7 Å². The molecule has 0 aliphatic carbocycles. The Hall–Kier alpha value is -1.98. The van der Waals surface area contributed by atoms with Gasteiger partial charge in [0.05, 0.1) is 5.75 Å². The van der Waals surface area contributed by atoms with E-state index in [1.807, 2.05) is 0 Å². The maximum atomic E-state index is 12.5. The van der Waals surface area contributed by atoms with Gasteiger partial charge >= 0.3 is 5.97 Å². The number of aryl methyl sites for hydroxylation is 1. The summed E-state index contributed by atoms with van der Waals surface area (Å²) in [6.45, 7) is 1.64. The molecule has 23 heavy (non-hydrogen) atoms. The van der Waals surface area contributed by atoms with E-state index in [2.05, 4.69) is 19.9 Å². The molecule has 0 fully saturated rings. The number of hydrogen-bond acceptors (Lipinski definition) is 7. The summed E-state index contributed by atoms with van der Waals surface area (Å²) < 4.78 is 27.1. The molecule has 1 heterocycles. The van der Waals surface area contributed by atoms with Crippen molar-refractivity contribution in [1.82, 2.24) is 15.2 Å². The van der Waals surface area contributed by atoms with Crippen molar-refractivity contribution in [3.8, 4) is 0 Å². The molecular weight excluding hydrogens is 366 g/mol. The minimum Gasteiger partial charge on any atom is -0.481 e. The van der Waals surface area contributed by atoms with Crippen molar-refractivity contribution in [1.29, 1.82) is 0 Å². The van der Waals surface area contributed by atoms with Crippen molar-refractivity contribution in [3.63, 3.8) is 0 Å². The van der Waals surface area contributed by atoms with Gasteiger partial charge < -0.3 is 10.8 Å². The summed E-state index contributed by atoms with van der Waals surface area (Å²) in [7, 11) is -4.04. The molecule has 0 amide bonds. The number of nitrogens with two attached hydrogens (primary N) is 1. The molecule has 0 unspecified atom stereocenters. The molecule has 0 atom stereocenters. The van der Waals surface area contributed by atoms with Crippen LogP contribution in [-0.2, 0) is 14.8 Å². The fourth-order valence-electron chi connectivity index (χ4n) is 1.59. The first-order valence-electron chi connectivity index (χ1n) is 6.04. The normalized spacial score (nSPS) is 11.4. The van der Waals surface area contributed by atoms with Crippen LogP contribution >= 0.6 is 23.4 Å². The molecule has 1 aromatic carbocycles. The number of thioether (sulfide) groups is 1. The molecule has 0 aliphatic rings. The van der Waals surface area contributed by atoms with Gasteiger partial charge in [0, 0.05) is 9.92 Å². The minimum atomic E-state index is -4.04. The molecule has 2 rings (SSSR count). The molecule has 12 heteroatoms. The zero-order chi connectivity index (χ0) is 17.2. The van der Waals surface area contributed by atoms with E-state index in [1.165, 1.54) is 12.1 Å². The van der Waals surface area contributed by atoms with Crippen LogP contribution < -0.4 is 10.5 Å². The second kappa shape index (κ2) is 6.64. The van der Waals surface area contributed by atoms with Crippen molar-refractivity contribution in [2.45, 2.75) is 16.7 Å². The molecule has 9 nitrogen and oxygen atoms in total. The number of carboxylic acid groups (broad SMARTS) is 1. The highest BCUT2D eigenvalue weighted by atomic mass is 35.5. The van der Waals surface area contributed by atoms with Crippen LogP contribution in [0.2, 0.25) is 5.02 Å². The van der Waals surface area contributed by atoms with Crippen LogP contribution in [0.5, 0.6) is 0 Å². The lowest BCUT2D eigenvalue weighted by Crippen LogP contribution is -2.15. The number of nitrogens with one attached hydrogen (secondary N) is 2. The first kappa shape index (κ1) is 17.4. The Kier molecular flexibility index (Phi) is 5.02. The number of hydrogen-bond donors (Lipinski definition) is 4. The van der Waals surface area contributed by atoms with Crippen LogP contribution in [0.4, 0.5) is 11.9 Å². The highest BCUT2D eigenvalue weighted by Gasteiger charge is 2.22. The predicted octanol–water partition coefficient (Wildman–Crippen LogP) is 1.33. The van der Waals surface area contributed by atoms with E-state index in [1.54, 1.807) is 6.92 Å². The number of aromatic nitrogens is 3. The number of sulfonamides is 1. The van der Waals surface area contributed by atoms with E-state index in [-0.39, 0.29) is 27.4 Å². The number of carboxylic acids is 1. The Bertz CT molecular complexity index is 852. The van der Waals surface area contributed by atoms with E-state index < -0.39 is 16.0 Å². The van der Waals surface area contributed by atoms with Gasteiger partial charge in [0.15, 0.2) is 0 Å². The van der Waals surface area contributed by atoms with Crippen LogP contribution in [0, 0.1) is 6.92 Å². The number of anilines is 2. The van der Waals surface area contributed by atoms with E-state index in [9.17, 15) is 13.2 Å². The third-order valence-corrected chi connectivity index (χ3v) is 5.54. The SMILES string of the molecule is Cc1cc(S(=O)(=O)Nc2n[nH]c(N)n2)c(SCC(=O)O)cc1Cl. The third-order valence-electron chi connectivity index (χ3n) is 2.59. The van der Waals surface area contributed by atoms with Crippen LogP contribution in [0.25, 0.3) is 0 Å². The Morgan fingerprint density at radius 2 is 2.22 bits per heavy atom. The maximum absolute atomic E-state index is 12.5. The molecule has 0 aliphatic heterocycles. The number of H-pyrrole nitrogens is 1. The van der Waals surface area contributed by atoms with Gasteiger partial charge in [-0.3, -0.25) is 4.79 Å². The number of nitrogen functional groups attached to an aromatic ring is 1. The lowest BCUT2D eigenvalue weighted by molar-refractivity contribution is -0.133.